The van der Waals surface area contributed by atoms with Gasteiger partial charge in [-0.1, -0.05) is 15.9 Å². The summed E-state index contributed by atoms with van der Waals surface area (Å²) in [6.45, 7) is -0.407. The van der Waals surface area contributed by atoms with E-state index in [1.807, 2.05) is 0 Å². The first kappa shape index (κ1) is 10.7. The Morgan fingerprint density at radius 1 is 1.57 bits per heavy atom. The Morgan fingerprint density at radius 3 is 2.64 bits per heavy atom. The zero-order valence-electron chi connectivity index (χ0n) is 6.99. The van der Waals surface area contributed by atoms with Crippen LogP contribution in [0, 0.1) is 11.3 Å². The van der Waals surface area contributed by atoms with E-state index in [1.54, 1.807) is 6.07 Å². The molecule has 0 unspecified atom stereocenters. The third kappa shape index (κ3) is 1.92. The number of aromatic carboxylic acids is 1. The molecule has 0 radical (unpaired) electrons. The largest absolute Gasteiger partial charge is 0.478 e. The van der Waals surface area contributed by atoms with Crippen molar-refractivity contribution in [3.8, 4) is 6.07 Å². The molecule has 0 saturated carbocycles. The average molecular weight is 256 g/mol. The molecule has 72 valence electrons. The maximum Gasteiger partial charge on any atom is 0.337 e. The Hall–Kier alpha value is -1.38. The van der Waals surface area contributed by atoms with Gasteiger partial charge in [-0.25, -0.2) is 4.79 Å². The minimum atomic E-state index is -1.21. The summed E-state index contributed by atoms with van der Waals surface area (Å²) in [6.07, 6.45) is 0. The number of halogens is 1. The third-order valence-electron chi connectivity index (χ3n) is 1.69. The van der Waals surface area contributed by atoms with Crippen LogP contribution in [0.4, 0.5) is 0 Å². The Kier molecular flexibility index (Phi) is 3.23. The molecule has 2 N–H and O–H groups in total. The van der Waals surface area contributed by atoms with Crippen molar-refractivity contribution in [3.05, 3.63) is 33.3 Å². The summed E-state index contributed by atoms with van der Waals surface area (Å²) in [5.41, 5.74) is 0.123. The van der Waals surface area contributed by atoms with Gasteiger partial charge in [0.2, 0.25) is 0 Å². The zero-order chi connectivity index (χ0) is 10.7. The number of carbonyl (C=O) groups is 1. The number of carboxylic acids is 1. The van der Waals surface area contributed by atoms with Gasteiger partial charge in [0.25, 0.3) is 0 Å². The average Bonchev–Trinajstić information content (AvgIpc) is 2.15. The predicted octanol–water partition coefficient (Wildman–Crippen LogP) is 1.51. The maximum atomic E-state index is 10.8. The lowest BCUT2D eigenvalue weighted by atomic mass is 10.0. The van der Waals surface area contributed by atoms with Crippen LogP contribution in [0.1, 0.15) is 21.5 Å². The summed E-state index contributed by atoms with van der Waals surface area (Å²) in [7, 11) is 0. The molecule has 5 heteroatoms. The molecule has 0 atom stereocenters. The highest BCUT2D eigenvalue weighted by Gasteiger charge is 2.15. The highest BCUT2D eigenvalue weighted by atomic mass is 79.9. The molecule has 0 aromatic heterocycles. The maximum absolute atomic E-state index is 10.8. The quantitative estimate of drug-likeness (QED) is 0.840. The van der Waals surface area contributed by atoms with Crippen molar-refractivity contribution < 1.29 is 15.0 Å². The van der Waals surface area contributed by atoms with Gasteiger partial charge in [0.1, 0.15) is 6.07 Å². The lowest BCUT2D eigenvalue weighted by Crippen LogP contribution is -2.06. The molecular formula is C9H6BrNO3. The molecule has 0 bridgehead atoms. The molecular weight excluding hydrogens is 250 g/mol. The zero-order valence-corrected chi connectivity index (χ0v) is 8.58. The van der Waals surface area contributed by atoms with E-state index in [1.165, 1.54) is 12.1 Å². The number of nitrogens with zero attached hydrogens (tertiary/aromatic N) is 1. The van der Waals surface area contributed by atoms with E-state index >= 15 is 0 Å². The van der Waals surface area contributed by atoms with Crippen molar-refractivity contribution in [1.29, 1.82) is 5.26 Å². The van der Waals surface area contributed by atoms with Crippen molar-refractivity contribution in [1.82, 2.24) is 0 Å². The number of hydrogen-bond acceptors (Lipinski definition) is 3. The van der Waals surface area contributed by atoms with E-state index in [0.29, 0.717) is 4.47 Å². The van der Waals surface area contributed by atoms with Crippen molar-refractivity contribution in [3.63, 3.8) is 0 Å². The van der Waals surface area contributed by atoms with E-state index < -0.39 is 12.6 Å². The molecule has 0 heterocycles. The summed E-state index contributed by atoms with van der Waals surface area (Å²) < 4.78 is 0.572. The van der Waals surface area contributed by atoms with Gasteiger partial charge < -0.3 is 10.2 Å². The molecule has 0 saturated heterocycles. The fourth-order valence-corrected chi connectivity index (χ4v) is 1.63. The lowest BCUT2D eigenvalue weighted by molar-refractivity contribution is 0.0693. The van der Waals surface area contributed by atoms with Crippen molar-refractivity contribution in [2.45, 2.75) is 6.61 Å². The van der Waals surface area contributed by atoms with Gasteiger partial charge in [0.05, 0.1) is 17.7 Å². The second-order valence-corrected chi connectivity index (χ2v) is 3.48. The summed E-state index contributed by atoms with van der Waals surface area (Å²) >= 11 is 3.12. The first-order valence-electron chi connectivity index (χ1n) is 3.66. The third-order valence-corrected chi connectivity index (χ3v) is 2.15. The SMILES string of the molecule is N#Cc1cc(Br)cc(CO)c1C(=O)O. The summed E-state index contributed by atoms with van der Waals surface area (Å²) in [4.78, 5) is 10.8. The van der Waals surface area contributed by atoms with Gasteiger partial charge >= 0.3 is 5.97 Å². The van der Waals surface area contributed by atoms with E-state index in [2.05, 4.69) is 15.9 Å². The van der Waals surface area contributed by atoms with Gasteiger partial charge in [0.15, 0.2) is 0 Å². The summed E-state index contributed by atoms with van der Waals surface area (Å²) in [5.74, 6) is -1.21. The molecule has 0 fully saturated rings. The first-order valence-corrected chi connectivity index (χ1v) is 4.46. The number of nitriles is 1. The molecule has 0 aliphatic heterocycles. The van der Waals surface area contributed by atoms with E-state index in [0.717, 1.165) is 0 Å². The highest BCUT2D eigenvalue weighted by molar-refractivity contribution is 9.10. The molecule has 0 spiro atoms. The molecule has 0 aliphatic carbocycles. The van der Waals surface area contributed by atoms with Gasteiger partial charge in [-0.05, 0) is 17.7 Å². The molecule has 1 aromatic rings. The Bertz CT molecular complexity index is 423. The van der Waals surface area contributed by atoms with Crippen LogP contribution in [0.5, 0.6) is 0 Å². The minimum Gasteiger partial charge on any atom is -0.478 e. The molecule has 14 heavy (non-hydrogen) atoms. The van der Waals surface area contributed by atoms with E-state index in [-0.39, 0.29) is 16.7 Å². The van der Waals surface area contributed by atoms with Crippen LogP contribution >= 0.6 is 15.9 Å². The first-order chi connectivity index (χ1) is 6.60. The van der Waals surface area contributed by atoms with Crippen LogP contribution in [0.3, 0.4) is 0 Å². The van der Waals surface area contributed by atoms with Crippen LogP contribution in [0.15, 0.2) is 16.6 Å². The van der Waals surface area contributed by atoms with Crippen LogP contribution < -0.4 is 0 Å². The molecule has 0 aliphatic rings. The number of carboxylic acid groups (broad SMARTS) is 1. The van der Waals surface area contributed by atoms with Crippen LogP contribution in [-0.4, -0.2) is 16.2 Å². The Labute approximate surface area is 88.5 Å². The number of hydrogen-bond donors (Lipinski definition) is 2. The number of rotatable bonds is 2. The van der Waals surface area contributed by atoms with Gasteiger partial charge in [-0.2, -0.15) is 5.26 Å². The number of aliphatic hydroxyl groups is 1. The molecule has 1 rings (SSSR count). The Morgan fingerprint density at radius 2 is 2.21 bits per heavy atom. The van der Waals surface area contributed by atoms with Crippen molar-refractivity contribution >= 4 is 21.9 Å². The predicted molar refractivity (Wildman–Crippen MR) is 51.7 cm³/mol. The fraction of sp³-hybridized carbons (Fsp3) is 0.111. The van der Waals surface area contributed by atoms with Gasteiger partial charge in [0, 0.05) is 4.47 Å². The van der Waals surface area contributed by atoms with E-state index in [9.17, 15) is 4.79 Å². The monoisotopic (exact) mass is 255 g/mol. The summed E-state index contributed by atoms with van der Waals surface area (Å²) in [6, 6.07) is 4.65. The smallest absolute Gasteiger partial charge is 0.337 e. The van der Waals surface area contributed by atoms with Crippen LogP contribution in [-0.2, 0) is 6.61 Å². The lowest BCUT2D eigenvalue weighted by Gasteiger charge is -2.05. The molecule has 4 nitrogen and oxygen atoms in total. The van der Waals surface area contributed by atoms with Crippen LogP contribution in [0.2, 0.25) is 0 Å². The van der Waals surface area contributed by atoms with Gasteiger partial charge in [-0.3, -0.25) is 0 Å². The van der Waals surface area contributed by atoms with Crippen molar-refractivity contribution in [2.75, 3.05) is 0 Å². The summed E-state index contributed by atoms with van der Waals surface area (Å²) in [5, 5.41) is 26.4. The van der Waals surface area contributed by atoms with E-state index in [4.69, 9.17) is 15.5 Å². The Balaban J connectivity index is 3.50. The standard InChI is InChI=1S/C9H6BrNO3/c10-7-1-5(3-11)8(9(13)14)6(2-7)4-12/h1-2,12H,4H2,(H,13,14). The topological polar surface area (TPSA) is 81.3 Å². The number of benzene rings is 1. The normalized spacial score (nSPS) is 9.50. The highest BCUT2D eigenvalue weighted by Crippen LogP contribution is 2.21. The minimum absolute atomic E-state index is 0.0379. The molecule has 1 aromatic carbocycles. The fourth-order valence-electron chi connectivity index (χ4n) is 1.13. The van der Waals surface area contributed by atoms with Crippen molar-refractivity contribution in [2.24, 2.45) is 0 Å². The van der Waals surface area contributed by atoms with Gasteiger partial charge in [-0.15, -0.1) is 0 Å². The second kappa shape index (κ2) is 4.22. The molecule has 0 amide bonds. The second-order valence-electron chi connectivity index (χ2n) is 2.56. The number of aliphatic hydroxyl groups excluding tert-OH is 1. The van der Waals surface area contributed by atoms with Crippen LogP contribution in [0.25, 0.3) is 0 Å².